The number of aliphatic hydroxyl groups excluding tert-OH is 3. The zero-order valence-corrected chi connectivity index (χ0v) is 17.6. The van der Waals surface area contributed by atoms with Crippen molar-refractivity contribution in [3.63, 3.8) is 0 Å². The fourth-order valence-corrected chi connectivity index (χ4v) is 3.62. The summed E-state index contributed by atoms with van der Waals surface area (Å²) in [6.07, 6.45) is -1.34. The van der Waals surface area contributed by atoms with E-state index in [1.54, 1.807) is 6.92 Å². The van der Waals surface area contributed by atoms with Gasteiger partial charge >= 0.3 is 17.9 Å². The van der Waals surface area contributed by atoms with Gasteiger partial charge in [0.25, 0.3) is 0 Å². The molecule has 3 N–H and O–H groups in total. The van der Waals surface area contributed by atoms with Crippen molar-refractivity contribution in [2.24, 2.45) is 5.92 Å². The van der Waals surface area contributed by atoms with Gasteiger partial charge in [0.1, 0.15) is 18.3 Å². The molecule has 0 radical (unpaired) electrons. The highest BCUT2D eigenvalue weighted by Gasteiger charge is 2.46. The molecule has 5 atom stereocenters. The van der Waals surface area contributed by atoms with Gasteiger partial charge in [-0.2, -0.15) is 0 Å². The molecule has 1 aliphatic carbocycles. The first kappa shape index (κ1) is 24.5. The molecular weight excluding hydrogens is 408 g/mol. The summed E-state index contributed by atoms with van der Waals surface area (Å²) >= 11 is 0. The molecule has 0 aromatic carbocycles. The number of rotatable bonds is 5. The third-order valence-electron chi connectivity index (χ3n) is 5.36. The Bertz CT molecular complexity index is 823. The molecule has 0 unspecified atom stereocenters. The molecule has 0 aromatic rings. The molecule has 9 nitrogen and oxygen atoms in total. The van der Waals surface area contributed by atoms with Crippen LogP contribution in [0, 0.1) is 5.92 Å². The van der Waals surface area contributed by atoms with Crippen molar-refractivity contribution in [1.82, 2.24) is 0 Å². The van der Waals surface area contributed by atoms with Crippen molar-refractivity contribution in [2.75, 3.05) is 13.2 Å². The van der Waals surface area contributed by atoms with Crippen molar-refractivity contribution in [2.45, 2.75) is 51.1 Å². The van der Waals surface area contributed by atoms with Crippen molar-refractivity contribution in [1.29, 1.82) is 0 Å². The highest BCUT2D eigenvalue weighted by atomic mass is 16.6. The van der Waals surface area contributed by atoms with E-state index in [2.05, 4.69) is 13.2 Å². The van der Waals surface area contributed by atoms with E-state index >= 15 is 0 Å². The minimum absolute atomic E-state index is 0.0252. The van der Waals surface area contributed by atoms with Crippen molar-refractivity contribution < 1.29 is 43.9 Å². The average molecular weight is 436 g/mol. The molecule has 9 heteroatoms. The van der Waals surface area contributed by atoms with Crippen LogP contribution in [-0.2, 0) is 28.6 Å². The smallest absolute Gasteiger partial charge is 0.336 e. The summed E-state index contributed by atoms with van der Waals surface area (Å²) in [4.78, 5) is 36.2. The fraction of sp³-hybridized carbons (Fsp3) is 0.500. The molecule has 1 fully saturated rings. The van der Waals surface area contributed by atoms with E-state index in [9.17, 15) is 29.7 Å². The summed E-state index contributed by atoms with van der Waals surface area (Å²) < 4.78 is 16.2. The molecule has 1 heterocycles. The predicted molar refractivity (Wildman–Crippen MR) is 108 cm³/mol. The summed E-state index contributed by atoms with van der Waals surface area (Å²) in [6, 6.07) is 0. The zero-order valence-electron chi connectivity index (χ0n) is 17.6. The van der Waals surface area contributed by atoms with E-state index in [1.807, 2.05) is 0 Å². The third kappa shape index (κ3) is 5.69. The topological polar surface area (TPSA) is 140 Å². The van der Waals surface area contributed by atoms with Gasteiger partial charge in [0.05, 0.1) is 30.8 Å². The summed E-state index contributed by atoms with van der Waals surface area (Å²) in [5.41, 5.74) is 0.563. The van der Waals surface area contributed by atoms with Crippen LogP contribution >= 0.6 is 0 Å². The predicted octanol–water partition coefficient (Wildman–Crippen LogP) is 0.496. The van der Waals surface area contributed by atoms with Crippen LogP contribution in [0.5, 0.6) is 0 Å². The van der Waals surface area contributed by atoms with Gasteiger partial charge < -0.3 is 29.5 Å². The SMILES string of the molecule is C=C1C(=O)O[C@@H]2/C=C(/CO)[C@@H](OC(C)=O)C[C@@H](O)C(=C)C[C@@H](OC(=O)/C(=C\C)CO)[C@@H]12. The second-order valence-corrected chi connectivity index (χ2v) is 7.45. The minimum atomic E-state index is -1.15. The number of ether oxygens (including phenoxy) is 3. The van der Waals surface area contributed by atoms with E-state index in [4.69, 9.17) is 14.2 Å². The summed E-state index contributed by atoms with van der Waals surface area (Å²) in [5, 5.41) is 29.8. The number of aliphatic hydroxyl groups is 3. The van der Waals surface area contributed by atoms with E-state index in [-0.39, 0.29) is 35.1 Å². The molecule has 2 aliphatic rings. The van der Waals surface area contributed by atoms with E-state index in [0.29, 0.717) is 0 Å². The molecule has 1 saturated heterocycles. The molecule has 1 aliphatic heterocycles. The second-order valence-electron chi connectivity index (χ2n) is 7.45. The molecular formula is C22H28O9. The van der Waals surface area contributed by atoms with Crippen LogP contribution in [0.15, 0.2) is 47.6 Å². The van der Waals surface area contributed by atoms with Gasteiger partial charge in [-0.25, -0.2) is 9.59 Å². The zero-order chi connectivity index (χ0) is 23.3. The Morgan fingerprint density at radius 2 is 1.97 bits per heavy atom. The van der Waals surface area contributed by atoms with E-state index < -0.39 is 61.5 Å². The Hall–Kier alpha value is -2.75. The lowest BCUT2D eigenvalue weighted by molar-refractivity contribution is -0.149. The second kappa shape index (κ2) is 10.5. The molecule has 2 rings (SSSR count). The van der Waals surface area contributed by atoms with Crippen LogP contribution in [0.2, 0.25) is 0 Å². The van der Waals surface area contributed by atoms with Gasteiger partial charge in [-0.05, 0) is 24.1 Å². The molecule has 0 spiro atoms. The van der Waals surface area contributed by atoms with Gasteiger partial charge in [0, 0.05) is 25.3 Å². The Labute approximate surface area is 180 Å². The highest BCUT2D eigenvalue weighted by Crippen LogP contribution is 2.37. The quantitative estimate of drug-likeness (QED) is 0.243. The molecule has 170 valence electrons. The first-order valence-electron chi connectivity index (χ1n) is 9.84. The lowest BCUT2D eigenvalue weighted by Crippen LogP contribution is -2.37. The molecule has 31 heavy (non-hydrogen) atoms. The van der Waals surface area contributed by atoms with E-state index in [0.717, 1.165) is 0 Å². The number of hydrogen-bond acceptors (Lipinski definition) is 9. The monoisotopic (exact) mass is 436 g/mol. The Morgan fingerprint density at radius 3 is 2.52 bits per heavy atom. The lowest BCUT2D eigenvalue weighted by Gasteiger charge is -2.31. The van der Waals surface area contributed by atoms with Crippen LogP contribution in [0.3, 0.4) is 0 Å². The number of carbonyl (C=O) groups is 3. The van der Waals surface area contributed by atoms with Gasteiger partial charge in [-0.15, -0.1) is 0 Å². The Kier molecular flexibility index (Phi) is 8.32. The molecule has 0 amide bonds. The number of hydrogen-bond donors (Lipinski definition) is 3. The minimum Gasteiger partial charge on any atom is -0.458 e. The van der Waals surface area contributed by atoms with Crippen LogP contribution in [0.1, 0.15) is 26.7 Å². The van der Waals surface area contributed by atoms with Crippen LogP contribution < -0.4 is 0 Å². The first-order valence-corrected chi connectivity index (χ1v) is 9.84. The van der Waals surface area contributed by atoms with Gasteiger partial charge in [0.2, 0.25) is 0 Å². The van der Waals surface area contributed by atoms with Gasteiger partial charge in [-0.3, -0.25) is 4.79 Å². The highest BCUT2D eigenvalue weighted by molar-refractivity contribution is 5.92. The van der Waals surface area contributed by atoms with Crippen molar-refractivity contribution in [3.8, 4) is 0 Å². The maximum atomic E-state index is 12.5. The number of esters is 3. The Balaban J connectivity index is 2.52. The maximum absolute atomic E-state index is 12.5. The average Bonchev–Trinajstić information content (AvgIpc) is 2.98. The standard InChI is InChI=1S/C22H28O9/c1-5-14(9-23)22(28)31-18-6-11(2)16(26)8-17(29-13(4)25)15(10-24)7-19-20(18)12(3)21(27)30-19/h5,7,16-20,23-24,26H,2-3,6,8-10H2,1,4H3/b14-5-,15-7-/t16-,17+,18-,19-,20-/m1/s1. The fourth-order valence-electron chi connectivity index (χ4n) is 3.62. The lowest BCUT2D eigenvalue weighted by atomic mass is 9.83. The number of allylic oxidation sites excluding steroid dienone is 1. The van der Waals surface area contributed by atoms with E-state index in [1.165, 1.54) is 19.1 Å². The number of carbonyl (C=O) groups excluding carboxylic acids is 3. The third-order valence-corrected chi connectivity index (χ3v) is 5.36. The molecule has 0 bridgehead atoms. The molecule has 0 aromatic heterocycles. The first-order chi connectivity index (χ1) is 14.6. The normalized spacial score (nSPS) is 31.3. The van der Waals surface area contributed by atoms with Crippen LogP contribution in [-0.4, -0.2) is 70.9 Å². The van der Waals surface area contributed by atoms with Crippen LogP contribution in [0.4, 0.5) is 0 Å². The Morgan fingerprint density at radius 1 is 1.29 bits per heavy atom. The summed E-state index contributed by atoms with van der Waals surface area (Å²) in [5.74, 6) is -2.94. The van der Waals surface area contributed by atoms with Gasteiger partial charge in [-0.1, -0.05) is 19.2 Å². The number of fused-ring (bicyclic) bond motifs is 1. The summed E-state index contributed by atoms with van der Waals surface area (Å²) in [6.45, 7) is 9.31. The van der Waals surface area contributed by atoms with Gasteiger partial charge in [0.15, 0.2) is 0 Å². The van der Waals surface area contributed by atoms with Crippen molar-refractivity contribution in [3.05, 3.63) is 47.6 Å². The van der Waals surface area contributed by atoms with Crippen LogP contribution in [0.25, 0.3) is 0 Å². The largest absolute Gasteiger partial charge is 0.458 e. The summed E-state index contributed by atoms with van der Waals surface area (Å²) in [7, 11) is 0. The maximum Gasteiger partial charge on any atom is 0.336 e. The molecule has 0 saturated carbocycles. The van der Waals surface area contributed by atoms with Crippen molar-refractivity contribution >= 4 is 17.9 Å².